The van der Waals surface area contributed by atoms with Crippen molar-refractivity contribution >= 4 is 17.8 Å². The highest BCUT2D eigenvalue weighted by atomic mass is 16.7. The zero-order valence-electron chi connectivity index (χ0n) is 29.1. The number of amides is 2. The van der Waals surface area contributed by atoms with E-state index in [0.29, 0.717) is 25.9 Å². The van der Waals surface area contributed by atoms with Crippen LogP contribution in [0, 0.1) is 0 Å². The minimum atomic E-state index is -0.627. The number of hydrogen-bond donors (Lipinski definition) is 4. The molecular formula is C39H49N3O8. The lowest BCUT2D eigenvalue weighted by Crippen LogP contribution is -2.45. The van der Waals surface area contributed by atoms with Crippen LogP contribution in [0.2, 0.25) is 0 Å². The molecule has 11 heteroatoms. The first kappa shape index (κ1) is 37.1. The van der Waals surface area contributed by atoms with Gasteiger partial charge in [0.25, 0.3) is 0 Å². The van der Waals surface area contributed by atoms with Gasteiger partial charge < -0.3 is 24.6 Å². The van der Waals surface area contributed by atoms with Crippen molar-refractivity contribution in [1.82, 2.24) is 15.7 Å². The summed E-state index contributed by atoms with van der Waals surface area (Å²) in [7, 11) is 0. The van der Waals surface area contributed by atoms with Crippen LogP contribution in [-0.2, 0) is 41.7 Å². The summed E-state index contributed by atoms with van der Waals surface area (Å²) in [5.74, 6) is -0.868. The number of ether oxygens (including phenoxy) is 3. The third-order valence-electron chi connectivity index (χ3n) is 8.96. The zero-order valence-corrected chi connectivity index (χ0v) is 29.1. The standard InChI is InChI=1S/C39H49N3O8/c1-39(2,3)50-37(46)33-9-6-20-42(33)24-32-22-34(29-14-12-26(25-43)13-15-29)49-38(48-32)30-18-16-28(17-19-30)31-8-4-7-27(21-31)23-40-35(44)10-5-11-36(45)41-47/h4,7-8,12-19,21,32-34,38,43,47H,5-6,9-11,20,22-25H2,1-3H3,(H,40,44)(H,41,45)/t32-,33+,34+,38+/m1/s1. The third-order valence-corrected chi connectivity index (χ3v) is 8.96. The normalized spacial score (nSPS) is 21.1. The van der Waals surface area contributed by atoms with Crippen LogP contribution >= 0.6 is 0 Å². The van der Waals surface area contributed by atoms with Crippen LogP contribution in [0.1, 0.15) is 93.9 Å². The van der Waals surface area contributed by atoms with Gasteiger partial charge >= 0.3 is 5.97 Å². The molecule has 2 heterocycles. The van der Waals surface area contributed by atoms with Crippen LogP contribution in [-0.4, -0.2) is 63.8 Å². The Morgan fingerprint density at radius 1 is 0.900 bits per heavy atom. The molecule has 11 nitrogen and oxygen atoms in total. The fourth-order valence-electron chi connectivity index (χ4n) is 6.42. The number of rotatable bonds is 13. The van der Waals surface area contributed by atoms with Gasteiger partial charge in [-0.3, -0.25) is 24.5 Å². The SMILES string of the molecule is CC(C)(C)OC(=O)[C@@H]1CCCN1C[C@H]1C[C@@H](c2ccc(CO)cc2)O[C@@H](c2ccc(-c3cccc(CNC(=O)CCCC(=O)NO)c3)cc2)O1. The van der Waals surface area contributed by atoms with E-state index >= 15 is 0 Å². The monoisotopic (exact) mass is 687 g/mol. The van der Waals surface area contributed by atoms with E-state index < -0.39 is 17.8 Å². The Balaban J connectivity index is 1.27. The maximum atomic E-state index is 13.1. The predicted molar refractivity (Wildman–Crippen MR) is 186 cm³/mol. The van der Waals surface area contributed by atoms with Gasteiger partial charge in [0.15, 0.2) is 6.29 Å². The number of carbonyl (C=O) groups excluding carboxylic acids is 3. The number of esters is 1. The molecule has 2 aliphatic rings. The van der Waals surface area contributed by atoms with Crippen molar-refractivity contribution < 1.29 is 38.9 Å². The molecule has 4 N–H and O–H groups in total. The average Bonchev–Trinajstić information content (AvgIpc) is 3.58. The van der Waals surface area contributed by atoms with Crippen LogP contribution in [0.4, 0.5) is 0 Å². The Kier molecular flexibility index (Phi) is 12.8. The van der Waals surface area contributed by atoms with Crippen molar-refractivity contribution in [1.29, 1.82) is 0 Å². The van der Waals surface area contributed by atoms with Crippen molar-refractivity contribution in [2.45, 2.75) is 103 Å². The van der Waals surface area contributed by atoms with E-state index in [1.165, 1.54) is 0 Å². The highest BCUT2D eigenvalue weighted by molar-refractivity contribution is 5.78. The molecule has 2 saturated heterocycles. The van der Waals surface area contributed by atoms with Gasteiger partial charge in [0.1, 0.15) is 11.6 Å². The van der Waals surface area contributed by atoms with Gasteiger partial charge in [0, 0.05) is 37.9 Å². The highest BCUT2D eigenvalue weighted by Gasteiger charge is 2.39. The molecular weight excluding hydrogens is 638 g/mol. The number of aliphatic hydroxyl groups is 1. The lowest BCUT2D eigenvalue weighted by atomic mass is 9.98. The minimum Gasteiger partial charge on any atom is -0.459 e. The second-order valence-corrected chi connectivity index (χ2v) is 14.0. The molecule has 3 aromatic rings. The van der Waals surface area contributed by atoms with Gasteiger partial charge in [-0.1, -0.05) is 66.7 Å². The fraction of sp³-hybridized carbons (Fsp3) is 0.462. The second kappa shape index (κ2) is 17.2. The number of hydrogen-bond acceptors (Lipinski definition) is 9. The minimum absolute atomic E-state index is 0.0293. The predicted octanol–water partition coefficient (Wildman–Crippen LogP) is 5.49. The molecule has 268 valence electrons. The molecule has 2 aliphatic heterocycles. The van der Waals surface area contributed by atoms with Crippen molar-refractivity contribution in [2.24, 2.45) is 0 Å². The summed E-state index contributed by atoms with van der Waals surface area (Å²) in [6.45, 7) is 7.37. The van der Waals surface area contributed by atoms with Crippen molar-refractivity contribution in [2.75, 3.05) is 13.1 Å². The number of nitrogens with one attached hydrogen (secondary N) is 2. The first-order chi connectivity index (χ1) is 24.0. The average molecular weight is 688 g/mol. The molecule has 4 atom stereocenters. The van der Waals surface area contributed by atoms with Crippen LogP contribution in [0.3, 0.4) is 0 Å². The number of benzene rings is 3. The molecule has 0 unspecified atom stereocenters. The summed E-state index contributed by atoms with van der Waals surface area (Å²) < 4.78 is 18.9. The molecule has 0 aliphatic carbocycles. The largest absolute Gasteiger partial charge is 0.459 e. The lowest BCUT2D eigenvalue weighted by molar-refractivity contribution is -0.253. The van der Waals surface area contributed by atoms with E-state index in [-0.39, 0.29) is 49.6 Å². The molecule has 3 aromatic carbocycles. The summed E-state index contributed by atoms with van der Waals surface area (Å²) in [6, 6.07) is 23.5. The van der Waals surface area contributed by atoms with E-state index in [4.69, 9.17) is 19.4 Å². The van der Waals surface area contributed by atoms with Crippen LogP contribution in [0.5, 0.6) is 0 Å². The first-order valence-electron chi connectivity index (χ1n) is 17.4. The maximum absolute atomic E-state index is 13.1. The Hall–Kier alpha value is -4.13. The lowest BCUT2D eigenvalue weighted by Gasteiger charge is -2.38. The van der Waals surface area contributed by atoms with Gasteiger partial charge in [0.2, 0.25) is 11.8 Å². The zero-order chi connectivity index (χ0) is 35.7. The van der Waals surface area contributed by atoms with Gasteiger partial charge in [-0.15, -0.1) is 0 Å². The second-order valence-electron chi connectivity index (χ2n) is 14.0. The summed E-state index contributed by atoms with van der Waals surface area (Å²) in [5.41, 5.74) is 6.66. The Morgan fingerprint density at radius 2 is 1.62 bits per heavy atom. The van der Waals surface area contributed by atoms with E-state index in [0.717, 1.165) is 52.8 Å². The molecule has 0 aromatic heterocycles. The topological polar surface area (TPSA) is 147 Å². The fourth-order valence-corrected chi connectivity index (χ4v) is 6.42. The number of likely N-dealkylation sites (tertiary alicyclic amines) is 1. The molecule has 0 radical (unpaired) electrons. The molecule has 0 spiro atoms. The number of aliphatic hydroxyl groups excluding tert-OH is 1. The van der Waals surface area contributed by atoms with Crippen molar-refractivity contribution in [3.8, 4) is 11.1 Å². The quantitative estimate of drug-likeness (QED) is 0.104. The molecule has 2 fully saturated rings. The number of nitrogens with zero attached hydrogens (tertiary/aromatic N) is 1. The van der Waals surface area contributed by atoms with Gasteiger partial charge in [-0.05, 0) is 80.5 Å². The number of carbonyl (C=O) groups is 3. The summed E-state index contributed by atoms with van der Waals surface area (Å²) in [6.07, 6.45) is 1.85. The van der Waals surface area contributed by atoms with Gasteiger partial charge in [0.05, 0.1) is 18.8 Å². The Morgan fingerprint density at radius 3 is 2.32 bits per heavy atom. The van der Waals surface area contributed by atoms with E-state index in [9.17, 15) is 19.5 Å². The van der Waals surface area contributed by atoms with Gasteiger partial charge in [-0.2, -0.15) is 0 Å². The molecule has 5 rings (SSSR count). The molecule has 2 amide bonds. The molecule has 0 saturated carbocycles. The highest BCUT2D eigenvalue weighted by Crippen LogP contribution is 2.39. The van der Waals surface area contributed by atoms with Gasteiger partial charge in [-0.25, -0.2) is 5.48 Å². The summed E-state index contributed by atoms with van der Waals surface area (Å²) in [5, 5.41) is 21.0. The van der Waals surface area contributed by atoms with Crippen molar-refractivity contribution in [3.05, 3.63) is 95.1 Å². The first-order valence-corrected chi connectivity index (χ1v) is 17.4. The van der Waals surface area contributed by atoms with Crippen LogP contribution in [0.25, 0.3) is 11.1 Å². The van der Waals surface area contributed by atoms with Crippen LogP contribution < -0.4 is 10.8 Å². The Labute approximate surface area is 293 Å². The van der Waals surface area contributed by atoms with Crippen LogP contribution in [0.15, 0.2) is 72.8 Å². The van der Waals surface area contributed by atoms with Crippen molar-refractivity contribution in [3.63, 3.8) is 0 Å². The van der Waals surface area contributed by atoms with E-state index in [2.05, 4.69) is 10.2 Å². The third kappa shape index (κ3) is 10.4. The summed E-state index contributed by atoms with van der Waals surface area (Å²) in [4.78, 5) is 38.6. The van der Waals surface area contributed by atoms with E-state index in [1.54, 1.807) is 5.48 Å². The number of hydroxylamine groups is 1. The Bertz CT molecular complexity index is 1590. The molecule has 50 heavy (non-hydrogen) atoms. The maximum Gasteiger partial charge on any atom is 0.323 e. The summed E-state index contributed by atoms with van der Waals surface area (Å²) >= 11 is 0. The molecule has 0 bridgehead atoms. The van der Waals surface area contributed by atoms with E-state index in [1.807, 2.05) is 93.6 Å². The smallest absolute Gasteiger partial charge is 0.323 e.